The molecular weight excluding hydrogens is 439 g/mol. The molecule has 1 atom stereocenters. The number of nitrogens with zero attached hydrogens (tertiary/aromatic N) is 4. The average molecular weight is 465 g/mol. The van der Waals surface area contributed by atoms with Crippen LogP contribution in [0.5, 0.6) is 5.88 Å². The first-order chi connectivity index (χ1) is 15.8. The molecule has 0 radical (unpaired) electrons. The molecule has 8 nitrogen and oxygen atoms in total. The van der Waals surface area contributed by atoms with Crippen LogP contribution in [0.2, 0.25) is 0 Å². The van der Waals surface area contributed by atoms with E-state index < -0.39 is 11.7 Å². The van der Waals surface area contributed by atoms with Gasteiger partial charge in [0.2, 0.25) is 11.8 Å². The summed E-state index contributed by atoms with van der Waals surface area (Å²) < 4.78 is 49.9. The van der Waals surface area contributed by atoms with Crippen LogP contribution in [-0.4, -0.2) is 68.4 Å². The Morgan fingerprint density at radius 2 is 2.00 bits per heavy atom. The van der Waals surface area contributed by atoms with Gasteiger partial charge in [0.15, 0.2) is 0 Å². The maximum Gasteiger partial charge on any atom is 0.416 e. The van der Waals surface area contributed by atoms with Crippen LogP contribution in [-0.2, 0) is 10.9 Å². The lowest BCUT2D eigenvalue weighted by atomic mass is 10.1. The van der Waals surface area contributed by atoms with E-state index in [1.165, 1.54) is 25.4 Å². The highest BCUT2D eigenvalue weighted by atomic mass is 19.4. The smallest absolute Gasteiger partial charge is 0.416 e. The van der Waals surface area contributed by atoms with Crippen molar-refractivity contribution in [2.45, 2.75) is 25.1 Å². The van der Waals surface area contributed by atoms with Gasteiger partial charge in [0.25, 0.3) is 5.91 Å². The summed E-state index contributed by atoms with van der Waals surface area (Å²) in [4.78, 5) is 25.1. The lowest BCUT2D eigenvalue weighted by molar-refractivity contribution is -0.137. The van der Waals surface area contributed by atoms with Crippen LogP contribution in [0.1, 0.15) is 28.8 Å². The van der Waals surface area contributed by atoms with E-state index in [1.807, 2.05) is 9.80 Å². The van der Waals surface area contributed by atoms with Gasteiger partial charge < -0.3 is 24.6 Å². The average Bonchev–Trinajstić information content (AvgIpc) is 3.35. The van der Waals surface area contributed by atoms with Gasteiger partial charge in [-0.15, -0.1) is 0 Å². The van der Waals surface area contributed by atoms with E-state index in [0.717, 1.165) is 18.9 Å². The van der Waals surface area contributed by atoms with E-state index in [9.17, 15) is 18.0 Å². The second-order valence-electron chi connectivity index (χ2n) is 7.96. The number of carbonyl (C=O) groups is 1. The predicted octanol–water partition coefficient (Wildman–Crippen LogP) is 2.74. The number of ether oxygens (including phenoxy) is 2. The number of hydrogen-bond donors (Lipinski definition) is 1. The highest BCUT2D eigenvalue weighted by Crippen LogP contribution is 2.32. The van der Waals surface area contributed by atoms with Gasteiger partial charge in [-0.05, 0) is 31.0 Å². The van der Waals surface area contributed by atoms with E-state index in [0.29, 0.717) is 51.0 Å². The zero-order valence-corrected chi connectivity index (χ0v) is 18.3. The van der Waals surface area contributed by atoms with Crippen molar-refractivity contribution in [3.63, 3.8) is 0 Å². The van der Waals surface area contributed by atoms with Crippen molar-refractivity contribution in [2.75, 3.05) is 56.2 Å². The van der Waals surface area contributed by atoms with Crippen LogP contribution in [0, 0.1) is 0 Å². The van der Waals surface area contributed by atoms with Gasteiger partial charge in [-0.25, -0.2) is 4.98 Å². The number of anilines is 2. The van der Waals surface area contributed by atoms with Crippen molar-refractivity contribution in [1.82, 2.24) is 15.3 Å². The number of piperazine rings is 1. The van der Waals surface area contributed by atoms with Crippen LogP contribution in [0.3, 0.4) is 0 Å². The third kappa shape index (κ3) is 5.47. The zero-order valence-electron chi connectivity index (χ0n) is 18.3. The molecule has 0 aliphatic carbocycles. The Labute approximate surface area is 189 Å². The Bertz CT molecular complexity index is 974. The lowest BCUT2D eigenvalue weighted by Crippen LogP contribution is -2.47. The first kappa shape index (κ1) is 23.1. The van der Waals surface area contributed by atoms with Crippen molar-refractivity contribution in [3.8, 4) is 5.88 Å². The highest BCUT2D eigenvalue weighted by Gasteiger charge is 2.31. The monoisotopic (exact) mass is 465 g/mol. The lowest BCUT2D eigenvalue weighted by Gasteiger charge is -2.36. The summed E-state index contributed by atoms with van der Waals surface area (Å²) in [6, 6.07) is 5.33. The van der Waals surface area contributed by atoms with E-state index in [1.54, 1.807) is 6.07 Å². The molecule has 1 aromatic carbocycles. The molecule has 1 amide bonds. The Hall–Kier alpha value is -3.08. The predicted molar refractivity (Wildman–Crippen MR) is 116 cm³/mol. The standard InChI is InChI=1S/C22H26F3N5O3/c1-32-20-18(19(31)26-13-17-6-3-11-33-17)14-27-21(28-20)30-9-7-29(8-10-30)16-5-2-4-15(12-16)22(23,24)25/h2,4-5,12,14,17H,3,6-11,13H2,1H3,(H,26,31)/t17-/m0/s1. The molecule has 2 aliphatic heterocycles. The van der Waals surface area contributed by atoms with Crippen molar-refractivity contribution >= 4 is 17.5 Å². The Balaban J connectivity index is 1.38. The maximum absolute atomic E-state index is 13.0. The molecular formula is C22H26F3N5O3. The molecule has 11 heteroatoms. The quantitative estimate of drug-likeness (QED) is 0.703. The number of halogens is 3. The number of alkyl halides is 3. The first-order valence-corrected chi connectivity index (χ1v) is 10.8. The van der Waals surface area contributed by atoms with Gasteiger partial charge in [-0.3, -0.25) is 4.79 Å². The molecule has 2 aliphatic rings. The van der Waals surface area contributed by atoms with Crippen molar-refractivity contribution < 1.29 is 27.4 Å². The third-order valence-corrected chi connectivity index (χ3v) is 5.79. The molecule has 2 aromatic rings. The Morgan fingerprint density at radius 3 is 2.67 bits per heavy atom. The fourth-order valence-corrected chi connectivity index (χ4v) is 3.97. The molecule has 2 fully saturated rings. The Kier molecular flexibility index (Phi) is 6.87. The van der Waals surface area contributed by atoms with Crippen molar-refractivity contribution in [2.24, 2.45) is 0 Å². The fourth-order valence-electron chi connectivity index (χ4n) is 3.97. The molecule has 0 bridgehead atoms. The number of carbonyl (C=O) groups excluding carboxylic acids is 1. The summed E-state index contributed by atoms with van der Waals surface area (Å²) in [6.07, 6.45) is -1.01. The molecule has 3 heterocycles. The topological polar surface area (TPSA) is 79.8 Å². The number of amides is 1. The summed E-state index contributed by atoms with van der Waals surface area (Å²) >= 11 is 0. The summed E-state index contributed by atoms with van der Waals surface area (Å²) in [5.74, 6) is 0.250. The molecule has 33 heavy (non-hydrogen) atoms. The second-order valence-corrected chi connectivity index (χ2v) is 7.96. The van der Waals surface area contributed by atoms with Crippen molar-refractivity contribution in [1.29, 1.82) is 0 Å². The second kappa shape index (κ2) is 9.82. The van der Waals surface area contributed by atoms with Gasteiger partial charge >= 0.3 is 6.18 Å². The highest BCUT2D eigenvalue weighted by molar-refractivity contribution is 5.96. The number of benzene rings is 1. The summed E-state index contributed by atoms with van der Waals surface area (Å²) in [5, 5.41) is 2.83. The first-order valence-electron chi connectivity index (χ1n) is 10.8. The van der Waals surface area contributed by atoms with E-state index in [4.69, 9.17) is 9.47 Å². The number of methoxy groups -OCH3 is 1. The van der Waals surface area contributed by atoms with Gasteiger partial charge in [0, 0.05) is 51.2 Å². The molecule has 0 spiro atoms. The fraction of sp³-hybridized carbons (Fsp3) is 0.500. The molecule has 178 valence electrons. The SMILES string of the molecule is COc1nc(N2CCN(c3cccc(C(F)(F)F)c3)CC2)ncc1C(=O)NC[C@@H]1CCCO1. The number of aromatic nitrogens is 2. The maximum atomic E-state index is 13.0. The number of rotatable bonds is 6. The Morgan fingerprint density at radius 1 is 1.24 bits per heavy atom. The van der Waals surface area contributed by atoms with E-state index in [2.05, 4.69) is 15.3 Å². The van der Waals surface area contributed by atoms with Crippen LogP contribution in [0.4, 0.5) is 24.8 Å². The van der Waals surface area contributed by atoms with Gasteiger partial charge in [-0.2, -0.15) is 18.2 Å². The van der Waals surface area contributed by atoms with Gasteiger partial charge in [-0.1, -0.05) is 6.07 Å². The van der Waals surface area contributed by atoms with E-state index >= 15 is 0 Å². The minimum Gasteiger partial charge on any atom is -0.480 e. The molecule has 2 saturated heterocycles. The number of hydrogen-bond acceptors (Lipinski definition) is 7. The minimum absolute atomic E-state index is 0.0215. The normalized spacial score (nSPS) is 19.0. The minimum atomic E-state index is -4.37. The molecule has 4 rings (SSSR count). The van der Waals surface area contributed by atoms with Crippen molar-refractivity contribution in [3.05, 3.63) is 41.6 Å². The molecule has 1 N–H and O–H groups in total. The summed E-state index contributed by atoms with van der Waals surface area (Å²) in [5.41, 5.74) is 0.104. The summed E-state index contributed by atoms with van der Waals surface area (Å²) in [6.45, 7) is 3.19. The van der Waals surface area contributed by atoms with E-state index in [-0.39, 0.29) is 23.5 Å². The zero-order chi connectivity index (χ0) is 23.4. The molecule has 0 unspecified atom stereocenters. The van der Waals surface area contributed by atoms with Crippen LogP contribution < -0.4 is 19.9 Å². The molecule has 0 saturated carbocycles. The van der Waals surface area contributed by atoms with Gasteiger partial charge in [0.05, 0.1) is 18.8 Å². The van der Waals surface area contributed by atoms with Crippen LogP contribution in [0.15, 0.2) is 30.5 Å². The third-order valence-electron chi connectivity index (χ3n) is 5.79. The van der Waals surface area contributed by atoms with Crippen LogP contribution in [0.25, 0.3) is 0 Å². The summed E-state index contributed by atoms with van der Waals surface area (Å²) in [7, 11) is 1.44. The van der Waals surface area contributed by atoms with Gasteiger partial charge in [0.1, 0.15) is 5.56 Å². The van der Waals surface area contributed by atoms with Crippen LogP contribution >= 0.6 is 0 Å². The largest absolute Gasteiger partial charge is 0.480 e. The molecule has 1 aromatic heterocycles. The number of nitrogens with one attached hydrogen (secondary N) is 1.